The summed E-state index contributed by atoms with van der Waals surface area (Å²) < 4.78 is 6.90. The average Bonchev–Trinajstić information content (AvgIpc) is 3.13. The Morgan fingerprint density at radius 1 is 1.21 bits per heavy atom. The van der Waals surface area contributed by atoms with Crippen molar-refractivity contribution < 1.29 is 19.1 Å². The zero-order chi connectivity index (χ0) is 20.5. The molecular formula is C18H23N5O4S. The van der Waals surface area contributed by atoms with E-state index in [1.807, 2.05) is 41.8 Å². The first kappa shape index (κ1) is 21.4. The van der Waals surface area contributed by atoms with Crippen molar-refractivity contribution in [3.8, 4) is 11.4 Å². The van der Waals surface area contributed by atoms with Crippen molar-refractivity contribution in [3.05, 3.63) is 30.3 Å². The molecule has 2 amide bonds. The van der Waals surface area contributed by atoms with Crippen LogP contribution in [0.4, 0.5) is 0 Å². The molecule has 0 aliphatic carbocycles. The molecule has 2 aromatic rings. The van der Waals surface area contributed by atoms with E-state index in [0.29, 0.717) is 11.7 Å². The van der Waals surface area contributed by atoms with Gasteiger partial charge in [0.15, 0.2) is 17.6 Å². The average molecular weight is 405 g/mol. The third-order valence-corrected chi connectivity index (χ3v) is 4.77. The van der Waals surface area contributed by atoms with Gasteiger partial charge in [-0.1, -0.05) is 42.1 Å². The predicted molar refractivity (Wildman–Crippen MR) is 105 cm³/mol. The number of esters is 1. The maximum Gasteiger partial charge on any atom is 0.316 e. The summed E-state index contributed by atoms with van der Waals surface area (Å²) in [5.74, 6) is -0.571. The molecule has 0 saturated carbocycles. The van der Waals surface area contributed by atoms with Gasteiger partial charge in [0.05, 0.1) is 12.3 Å². The highest BCUT2D eigenvalue weighted by atomic mass is 32.2. The Balaban J connectivity index is 1.87. The van der Waals surface area contributed by atoms with Gasteiger partial charge in [0.1, 0.15) is 0 Å². The molecule has 0 radical (unpaired) electrons. The lowest BCUT2D eigenvalue weighted by Crippen LogP contribution is -2.39. The van der Waals surface area contributed by atoms with Crippen molar-refractivity contribution in [1.29, 1.82) is 0 Å². The van der Waals surface area contributed by atoms with Crippen LogP contribution in [0.2, 0.25) is 0 Å². The van der Waals surface area contributed by atoms with Crippen LogP contribution in [0.25, 0.3) is 11.4 Å². The number of carbonyl (C=O) groups is 3. The number of likely N-dealkylation sites (N-methyl/N-ethyl adjacent to an activating group) is 2. The quantitative estimate of drug-likeness (QED) is 0.486. The van der Waals surface area contributed by atoms with E-state index in [0.717, 1.165) is 11.4 Å². The Labute approximate surface area is 167 Å². The van der Waals surface area contributed by atoms with Gasteiger partial charge in [-0.05, 0) is 6.92 Å². The topological polar surface area (TPSA) is 106 Å². The number of amides is 2. The summed E-state index contributed by atoms with van der Waals surface area (Å²) >= 11 is 1.20. The Bertz CT molecular complexity index is 825. The second kappa shape index (κ2) is 10.5. The molecule has 9 nitrogen and oxygen atoms in total. The molecule has 10 heteroatoms. The van der Waals surface area contributed by atoms with E-state index in [9.17, 15) is 14.4 Å². The van der Waals surface area contributed by atoms with E-state index < -0.39 is 18.5 Å². The van der Waals surface area contributed by atoms with Crippen LogP contribution in [-0.4, -0.2) is 70.4 Å². The van der Waals surface area contributed by atoms with E-state index in [1.165, 1.54) is 30.8 Å². The summed E-state index contributed by atoms with van der Waals surface area (Å²) in [6.07, 6.45) is 0. The van der Waals surface area contributed by atoms with Gasteiger partial charge in [0.2, 0.25) is 5.91 Å². The molecule has 0 bridgehead atoms. The number of nitrogens with one attached hydrogen (secondary N) is 1. The lowest BCUT2D eigenvalue weighted by molar-refractivity contribution is -0.149. The molecule has 1 N–H and O–H groups in total. The van der Waals surface area contributed by atoms with Gasteiger partial charge >= 0.3 is 5.97 Å². The Morgan fingerprint density at radius 2 is 1.93 bits per heavy atom. The van der Waals surface area contributed by atoms with Gasteiger partial charge < -0.3 is 19.5 Å². The first-order chi connectivity index (χ1) is 13.5. The van der Waals surface area contributed by atoms with Crippen LogP contribution in [-0.2, 0) is 25.7 Å². The Morgan fingerprint density at radius 3 is 2.57 bits per heavy atom. The molecule has 0 aliphatic heterocycles. The summed E-state index contributed by atoms with van der Waals surface area (Å²) in [6, 6.07) is 9.66. The predicted octanol–water partition coefficient (Wildman–Crippen LogP) is 0.805. The first-order valence-electron chi connectivity index (χ1n) is 8.67. The highest BCUT2D eigenvalue weighted by Crippen LogP contribution is 2.23. The van der Waals surface area contributed by atoms with Crippen molar-refractivity contribution in [3.63, 3.8) is 0 Å². The number of nitrogens with zero attached hydrogens (tertiary/aromatic N) is 4. The fourth-order valence-electron chi connectivity index (χ4n) is 2.28. The lowest BCUT2D eigenvalue weighted by Gasteiger charge is -2.15. The third kappa shape index (κ3) is 5.81. The summed E-state index contributed by atoms with van der Waals surface area (Å²) in [5.41, 5.74) is 0.941. The standard InChI is InChI=1S/C18H23N5O4S/c1-4-23-17(13-8-6-5-7-9-13)20-21-18(23)28-12-16(26)27-11-15(25)22(3)10-14(24)19-2/h5-9H,4,10-12H2,1-3H3,(H,19,24). The molecule has 0 saturated heterocycles. The van der Waals surface area contributed by atoms with E-state index in [1.54, 1.807) is 0 Å². The normalized spacial score (nSPS) is 10.4. The first-order valence-corrected chi connectivity index (χ1v) is 9.66. The van der Waals surface area contributed by atoms with E-state index in [4.69, 9.17) is 4.74 Å². The fraction of sp³-hybridized carbons (Fsp3) is 0.389. The molecule has 0 aliphatic rings. The SMILES string of the molecule is CCn1c(SCC(=O)OCC(=O)N(C)CC(=O)NC)nnc1-c1ccccc1. The number of benzene rings is 1. The van der Waals surface area contributed by atoms with Crippen molar-refractivity contribution in [1.82, 2.24) is 25.0 Å². The molecule has 0 unspecified atom stereocenters. The number of ether oxygens (including phenoxy) is 1. The minimum atomic E-state index is -0.543. The summed E-state index contributed by atoms with van der Waals surface area (Å²) in [4.78, 5) is 36.3. The number of hydrogen-bond donors (Lipinski definition) is 1. The summed E-state index contributed by atoms with van der Waals surface area (Å²) in [6.45, 7) is 2.11. The van der Waals surface area contributed by atoms with Gasteiger partial charge in [-0.25, -0.2) is 0 Å². The van der Waals surface area contributed by atoms with Crippen LogP contribution >= 0.6 is 11.8 Å². The van der Waals surface area contributed by atoms with Gasteiger partial charge in [0, 0.05) is 26.2 Å². The molecular weight excluding hydrogens is 382 g/mol. The molecule has 0 spiro atoms. The maximum absolute atomic E-state index is 11.9. The number of carbonyl (C=O) groups excluding carboxylic acids is 3. The number of thioether (sulfide) groups is 1. The largest absolute Gasteiger partial charge is 0.455 e. The summed E-state index contributed by atoms with van der Waals surface area (Å²) in [7, 11) is 2.95. The molecule has 0 atom stereocenters. The second-order valence-electron chi connectivity index (χ2n) is 5.79. The smallest absolute Gasteiger partial charge is 0.316 e. The van der Waals surface area contributed by atoms with Crippen LogP contribution in [0.3, 0.4) is 0 Å². The van der Waals surface area contributed by atoms with Crippen LogP contribution < -0.4 is 5.32 Å². The van der Waals surface area contributed by atoms with Gasteiger partial charge in [0.25, 0.3) is 5.91 Å². The summed E-state index contributed by atoms with van der Waals surface area (Å²) in [5, 5.41) is 11.4. The fourth-order valence-corrected chi connectivity index (χ4v) is 3.08. The molecule has 150 valence electrons. The van der Waals surface area contributed by atoms with Crippen LogP contribution in [0, 0.1) is 0 Å². The monoisotopic (exact) mass is 405 g/mol. The zero-order valence-corrected chi connectivity index (χ0v) is 16.9. The van der Waals surface area contributed by atoms with E-state index in [2.05, 4.69) is 15.5 Å². The Hall–Kier alpha value is -2.88. The van der Waals surface area contributed by atoms with Crippen molar-refractivity contribution in [2.45, 2.75) is 18.6 Å². The molecule has 0 fully saturated rings. The van der Waals surface area contributed by atoms with Crippen LogP contribution in [0.1, 0.15) is 6.92 Å². The van der Waals surface area contributed by atoms with Crippen LogP contribution in [0.15, 0.2) is 35.5 Å². The number of hydrogen-bond acceptors (Lipinski definition) is 7. The Kier molecular flexibility index (Phi) is 8.00. The second-order valence-corrected chi connectivity index (χ2v) is 6.73. The minimum absolute atomic E-state index is 0.000632. The third-order valence-electron chi connectivity index (χ3n) is 3.83. The van der Waals surface area contributed by atoms with Crippen molar-refractivity contribution in [2.75, 3.05) is 33.0 Å². The highest BCUT2D eigenvalue weighted by molar-refractivity contribution is 7.99. The number of rotatable bonds is 9. The van der Waals surface area contributed by atoms with Gasteiger partial charge in [-0.3, -0.25) is 14.4 Å². The molecule has 2 rings (SSSR count). The van der Waals surface area contributed by atoms with Crippen LogP contribution in [0.5, 0.6) is 0 Å². The molecule has 1 aromatic carbocycles. The van der Waals surface area contributed by atoms with E-state index >= 15 is 0 Å². The molecule has 1 heterocycles. The molecule has 28 heavy (non-hydrogen) atoms. The van der Waals surface area contributed by atoms with E-state index in [-0.39, 0.29) is 18.2 Å². The zero-order valence-electron chi connectivity index (χ0n) is 16.0. The van der Waals surface area contributed by atoms with Crippen molar-refractivity contribution >= 4 is 29.5 Å². The van der Waals surface area contributed by atoms with Crippen molar-refractivity contribution in [2.24, 2.45) is 0 Å². The van der Waals surface area contributed by atoms with Gasteiger partial charge in [-0.15, -0.1) is 10.2 Å². The highest BCUT2D eigenvalue weighted by Gasteiger charge is 2.17. The lowest BCUT2D eigenvalue weighted by atomic mass is 10.2. The minimum Gasteiger partial charge on any atom is -0.455 e. The number of aromatic nitrogens is 3. The van der Waals surface area contributed by atoms with Gasteiger partial charge in [-0.2, -0.15) is 0 Å². The molecule has 1 aromatic heterocycles. The maximum atomic E-state index is 11.9.